The Morgan fingerprint density at radius 2 is 0.982 bits per heavy atom. The molecule has 0 spiro atoms. The maximum Gasteiger partial charge on any atom is 0.311 e. The van der Waals surface area contributed by atoms with Gasteiger partial charge in [0.15, 0.2) is 0 Å². The number of nitrogens with one attached hydrogen (secondary N) is 2. The Morgan fingerprint density at radius 3 is 1.44 bits per heavy atom. The largest absolute Gasteiger partial charge is 0.508 e. The monoisotopic (exact) mass is 776 g/mol. The molecule has 4 aromatic rings. The number of carbonyl (C=O) groups excluding carboxylic acids is 2. The molecule has 3 N–H and O–H groups in total. The predicted octanol–water partition coefficient (Wildman–Crippen LogP) is 9.85. The van der Waals surface area contributed by atoms with Gasteiger partial charge < -0.3 is 30.0 Å². The predicted molar refractivity (Wildman–Crippen MR) is 227 cm³/mol. The minimum absolute atomic E-state index is 0.00419. The molecule has 0 atom stereocenters. The van der Waals surface area contributed by atoms with Crippen LogP contribution in [0.5, 0.6) is 5.75 Å². The van der Waals surface area contributed by atoms with E-state index in [2.05, 4.69) is 72.2 Å². The molecule has 4 bridgehead atoms. The molecule has 306 valence electrons. The highest BCUT2D eigenvalue weighted by Crippen LogP contribution is 2.54. The molecular weight excluding hydrogens is 713 g/mol. The number of unbranched alkanes of at least 4 members (excludes halogenated alkanes) is 1. The fraction of sp³-hybridized carbons (Fsp3) is 0.551. The zero-order chi connectivity index (χ0) is 39.9. The summed E-state index contributed by atoms with van der Waals surface area (Å²) in [6.45, 7) is 5.63. The van der Waals surface area contributed by atoms with Crippen LogP contribution in [-0.4, -0.2) is 55.6 Å². The molecule has 0 aliphatic heterocycles. The van der Waals surface area contributed by atoms with Gasteiger partial charge in [-0.25, -0.2) is 0 Å². The van der Waals surface area contributed by atoms with Gasteiger partial charge >= 0.3 is 11.9 Å². The summed E-state index contributed by atoms with van der Waals surface area (Å²) in [5.41, 5.74) is 3.93. The fourth-order valence-corrected chi connectivity index (χ4v) is 10.3. The molecule has 0 amide bonds. The van der Waals surface area contributed by atoms with E-state index in [1.54, 1.807) is 12.1 Å². The lowest BCUT2D eigenvalue weighted by molar-refractivity contribution is -0.161. The molecule has 8 heteroatoms. The van der Waals surface area contributed by atoms with Gasteiger partial charge in [0.1, 0.15) is 5.75 Å². The highest BCUT2D eigenvalue weighted by atomic mass is 16.5. The molecule has 6 aliphatic carbocycles. The van der Waals surface area contributed by atoms with E-state index in [1.807, 2.05) is 6.07 Å². The number of aryl methyl sites for hydroxylation is 1. The van der Waals surface area contributed by atoms with Gasteiger partial charge in [-0.05, 0) is 165 Å². The molecule has 4 aromatic carbocycles. The van der Waals surface area contributed by atoms with Crippen molar-refractivity contribution in [3.8, 4) is 5.75 Å². The Balaban J connectivity index is 0.000000179. The lowest BCUT2D eigenvalue weighted by Gasteiger charge is -2.52. The molecule has 6 fully saturated rings. The first-order chi connectivity index (χ1) is 27.6. The molecule has 57 heavy (non-hydrogen) atoms. The molecule has 0 unspecified atom stereocenters. The lowest BCUT2D eigenvalue weighted by Crippen LogP contribution is -2.56. The second-order valence-electron chi connectivity index (χ2n) is 17.8. The second kappa shape index (κ2) is 17.9. The van der Waals surface area contributed by atoms with E-state index in [-0.39, 0.29) is 33.8 Å². The van der Waals surface area contributed by atoms with Crippen LogP contribution in [0.1, 0.15) is 120 Å². The third kappa shape index (κ3) is 9.34. The zero-order valence-corrected chi connectivity index (χ0v) is 34.6. The van der Waals surface area contributed by atoms with Crippen LogP contribution in [-0.2, 0) is 43.3 Å². The molecule has 8 nitrogen and oxygen atoms in total. The average Bonchev–Trinajstić information content (AvgIpc) is 3.27. The molecule has 0 heterocycles. The average molecular weight is 777 g/mol. The first kappa shape index (κ1) is 41.2. The van der Waals surface area contributed by atoms with Gasteiger partial charge in [0.05, 0.1) is 25.0 Å². The van der Waals surface area contributed by atoms with Gasteiger partial charge in [-0.3, -0.25) is 9.59 Å². The van der Waals surface area contributed by atoms with Crippen molar-refractivity contribution in [2.24, 2.45) is 10.8 Å². The normalized spacial score (nSPS) is 26.2. The quantitative estimate of drug-likeness (QED) is 0.0810. The van der Waals surface area contributed by atoms with Gasteiger partial charge in [0, 0.05) is 37.4 Å². The van der Waals surface area contributed by atoms with Crippen LogP contribution in [0.2, 0.25) is 0 Å². The minimum Gasteiger partial charge on any atom is -0.508 e. The Bertz CT molecular complexity index is 1970. The first-order valence-electron chi connectivity index (χ1n) is 21.6. The van der Waals surface area contributed by atoms with E-state index in [0.717, 1.165) is 133 Å². The van der Waals surface area contributed by atoms with Crippen molar-refractivity contribution >= 4 is 33.5 Å². The van der Waals surface area contributed by atoms with Crippen LogP contribution in [0, 0.1) is 10.8 Å². The summed E-state index contributed by atoms with van der Waals surface area (Å²) in [7, 11) is 3.03. The van der Waals surface area contributed by atoms with Crippen LogP contribution in [0.25, 0.3) is 21.5 Å². The maximum atomic E-state index is 12.2. The van der Waals surface area contributed by atoms with Gasteiger partial charge in [-0.15, -0.1) is 0 Å². The first-order valence-corrected chi connectivity index (χ1v) is 21.6. The smallest absolute Gasteiger partial charge is 0.311 e. The Kier molecular flexibility index (Phi) is 12.9. The number of fused-ring (bicyclic) bond motifs is 8. The van der Waals surface area contributed by atoms with Crippen LogP contribution < -0.4 is 10.6 Å². The summed E-state index contributed by atoms with van der Waals surface area (Å²) in [5.74, 6) is 0.291. The number of methoxy groups -OCH3 is 2. The van der Waals surface area contributed by atoms with Crippen LogP contribution in [0.3, 0.4) is 0 Å². The van der Waals surface area contributed by atoms with E-state index in [9.17, 15) is 14.7 Å². The SMILES string of the molecule is CCCOCCCCc1ccc2cc(CNC34CCC(C(=O)OC)(CC3)CC4)ccc2c1.COC(=O)C12CCC(NCc3ccc4cc(O)ccc4c3)(CC1)CC2. The van der Waals surface area contributed by atoms with Crippen LogP contribution >= 0.6 is 0 Å². The molecule has 0 aromatic heterocycles. The molecule has 10 rings (SSSR count). The molecular formula is C49H64N2O6. The van der Waals surface area contributed by atoms with Crippen molar-refractivity contribution in [1.82, 2.24) is 10.6 Å². The third-order valence-electron chi connectivity index (χ3n) is 14.3. The van der Waals surface area contributed by atoms with Gasteiger partial charge in [-0.2, -0.15) is 0 Å². The van der Waals surface area contributed by atoms with Gasteiger partial charge in [0.2, 0.25) is 0 Å². The number of hydrogen-bond acceptors (Lipinski definition) is 8. The van der Waals surface area contributed by atoms with E-state index in [1.165, 1.54) is 48.1 Å². The number of aromatic hydroxyl groups is 1. The summed E-state index contributed by atoms with van der Waals surface area (Å²) < 4.78 is 15.7. The molecule has 6 saturated carbocycles. The van der Waals surface area contributed by atoms with Crippen LogP contribution in [0.4, 0.5) is 0 Å². The lowest BCUT2D eigenvalue weighted by atomic mass is 9.57. The van der Waals surface area contributed by atoms with E-state index in [4.69, 9.17) is 14.2 Å². The summed E-state index contributed by atoms with van der Waals surface area (Å²) >= 11 is 0. The standard InChI is InChI=1S/C28H39NO3.C21H25NO3/c1-3-17-32-18-5-4-6-22-7-9-25-20-23(8-10-24(25)19-22)21-29-28-14-11-27(12-15-28,13-16-28)26(30)31-2;1-25-19(24)20-6-9-21(10-7-20,11-8-20)22-14-15-2-3-17-13-18(23)5-4-16(17)12-15/h7-10,19-20,29H,3-6,11-18,21H2,1-2H3;2-5,12-13,22-23H,6-11,14H2,1H3. The number of hydrogen-bond donors (Lipinski definition) is 3. The third-order valence-corrected chi connectivity index (χ3v) is 14.3. The number of benzene rings is 4. The topological polar surface area (TPSA) is 106 Å². The van der Waals surface area contributed by atoms with Crippen molar-refractivity contribution in [2.75, 3.05) is 27.4 Å². The molecule has 0 saturated heterocycles. The molecule has 0 radical (unpaired) electrons. The Labute approximate surface area is 339 Å². The van der Waals surface area contributed by atoms with Gasteiger partial charge in [0.25, 0.3) is 0 Å². The minimum atomic E-state index is -0.219. The summed E-state index contributed by atoms with van der Waals surface area (Å²) in [5, 5.41) is 22.1. The van der Waals surface area contributed by atoms with Gasteiger partial charge in [-0.1, -0.05) is 55.5 Å². The van der Waals surface area contributed by atoms with E-state index >= 15 is 0 Å². The fourth-order valence-electron chi connectivity index (χ4n) is 10.3. The Morgan fingerprint density at radius 1 is 0.561 bits per heavy atom. The van der Waals surface area contributed by atoms with Crippen molar-refractivity contribution in [3.63, 3.8) is 0 Å². The second-order valence-corrected chi connectivity index (χ2v) is 17.8. The number of esters is 2. The number of phenolic OH excluding ortho intramolecular Hbond substituents is 1. The highest BCUT2D eigenvalue weighted by molar-refractivity contribution is 5.85. The number of rotatable bonds is 15. The molecule has 6 aliphatic rings. The summed E-state index contributed by atoms with van der Waals surface area (Å²) in [6, 6.07) is 25.6. The summed E-state index contributed by atoms with van der Waals surface area (Å²) in [4.78, 5) is 24.4. The summed E-state index contributed by atoms with van der Waals surface area (Å²) in [6.07, 6.45) is 16.5. The van der Waals surface area contributed by atoms with Crippen molar-refractivity contribution < 1.29 is 28.9 Å². The van der Waals surface area contributed by atoms with E-state index in [0.29, 0.717) is 5.75 Å². The van der Waals surface area contributed by atoms with Crippen molar-refractivity contribution in [1.29, 1.82) is 0 Å². The Hall–Kier alpha value is -3.98. The van der Waals surface area contributed by atoms with Crippen molar-refractivity contribution in [3.05, 3.63) is 89.5 Å². The number of phenols is 1. The van der Waals surface area contributed by atoms with Crippen molar-refractivity contribution in [2.45, 2.75) is 134 Å². The zero-order valence-electron chi connectivity index (χ0n) is 34.6. The highest BCUT2D eigenvalue weighted by Gasteiger charge is 2.54. The number of carbonyl (C=O) groups is 2. The van der Waals surface area contributed by atoms with E-state index < -0.39 is 0 Å². The van der Waals surface area contributed by atoms with Crippen LogP contribution in [0.15, 0.2) is 72.8 Å². The number of ether oxygens (including phenoxy) is 3. The maximum absolute atomic E-state index is 12.2.